The van der Waals surface area contributed by atoms with E-state index >= 15 is 0 Å². The third kappa shape index (κ3) is 4.49. The van der Waals surface area contributed by atoms with Crippen molar-refractivity contribution < 1.29 is 9.90 Å². The standard InChI is InChI=1S/C10H19NO2S2/c1-7(10(14)15)9(4-5-12)8(2)11(3)6-13/h6-7,10,12,14-15H,4-5H2,1-3H3. The van der Waals surface area contributed by atoms with E-state index < -0.39 is 0 Å². The summed E-state index contributed by atoms with van der Waals surface area (Å²) in [5, 5.41) is 8.98. The van der Waals surface area contributed by atoms with Gasteiger partial charge < -0.3 is 10.0 Å². The summed E-state index contributed by atoms with van der Waals surface area (Å²) in [5.41, 5.74) is 1.88. The van der Waals surface area contributed by atoms with Crippen molar-refractivity contribution in [2.45, 2.75) is 24.9 Å². The number of carbonyl (C=O) groups excluding carboxylic acids is 1. The summed E-state index contributed by atoms with van der Waals surface area (Å²) in [6.07, 6.45) is 1.30. The topological polar surface area (TPSA) is 40.5 Å². The molecule has 1 N–H and O–H groups in total. The van der Waals surface area contributed by atoms with Crippen LogP contribution in [0.25, 0.3) is 0 Å². The van der Waals surface area contributed by atoms with Gasteiger partial charge in [0, 0.05) is 19.4 Å². The summed E-state index contributed by atoms with van der Waals surface area (Å²) in [5.74, 6) is 0.117. The molecule has 1 atom stereocenters. The van der Waals surface area contributed by atoms with Gasteiger partial charge in [0.25, 0.3) is 0 Å². The molecule has 88 valence electrons. The molecule has 3 nitrogen and oxygen atoms in total. The first-order valence-corrected chi connectivity index (χ1v) is 5.83. The summed E-state index contributed by atoms with van der Waals surface area (Å²) >= 11 is 8.52. The molecule has 0 saturated carbocycles. The third-order valence-corrected chi connectivity index (χ3v) is 3.42. The molecule has 0 aliphatic rings. The predicted molar refractivity (Wildman–Crippen MR) is 69.2 cm³/mol. The van der Waals surface area contributed by atoms with E-state index in [-0.39, 0.29) is 17.1 Å². The van der Waals surface area contributed by atoms with E-state index in [9.17, 15) is 4.79 Å². The molecule has 1 amide bonds. The Hall–Kier alpha value is -0.130. The summed E-state index contributed by atoms with van der Waals surface area (Å²) in [7, 11) is 1.69. The fraction of sp³-hybridized carbons (Fsp3) is 0.700. The number of hydrogen-bond donors (Lipinski definition) is 3. The van der Waals surface area contributed by atoms with E-state index in [0.717, 1.165) is 17.7 Å². The van der Waals surface area contributed by atoms with Gasteiger partial charge in [-0.1, -0.05) is 6.92 Å². The molecule has 0 spiro atoms. The van der Waals surface area contributed by atoms with Gasteiger partial charge in [0.2, 0.25) is 6.41 Å². The highest BCUT2D eigenvalue weighted by atomic mass is 32.2. The molecule has 0 heterocycles. The van der Waals surface area contributed by atoms with Crippen molar-refractivity contribution in [2.24, 2.45) is 5.92 Å². The monoisotopic (exact) mass is 249 g/mol. The van der Waals surface area contributed by atoms with Crippen LogP contribution in [0.3, 0.4) is 0 Å². The molecule has 0 bridgehead atoms. The average molecular weight is 249 g/mol. The normalized spacial score (nSPS) is 14.9. The largest absolute Gasteiger partial charge is 0.396 e. The fourth-order valence-electron chi connectivity index (χ4n) is 1.34. The van der Waals surface area contributed by atoms with E-state index in [1.165, 1.54) is 4.90 Å². The van der Waals surface area contributed by atoms with Gasteiger partial charge in [-0.15, -0.1) is 0 Å². The fourth-order valence-corrected chi connectivity index (χ4v) is 1.70. The maximum absolute atomic E-state index is 10.6. The van der Waals surface area contributed by atoms with Gasteiger partial charge >= 0.3 is 0 Å². The number of carbonyl (C=O) groups is 1. The van der Waals surface area contributed by atoms with Crippen LogP contribution in [0, 0.1) is 5.92 Å². The van der Waals surface area contributed by atoms with E-state index in [1.807, 2.05) is 13.8 Å². The second kappa shape index (κ2) is 7.19. The van der Waals surface area contributed by atoms with Crippen molar-refractivity contribution in [3.63, 3.8) is 0 Å². The zero-order chi connectivity index (χ0) is 12.0. The number of hydrogen-bond acceptors (Lipinski definition) is 4. The highest BCUT2D eigenvalue weighted by Gasteiger charge is 2.17. The lowest BCUT2D eigenvalue weighted by atomic mass is 9.97. The molecular weight excluding hydrogens is 230 g/mol. The Labute approximate surface area is 102 Å². The van der Waals surface area contributed by atoms with Crippen molar-refractivity contribution in [3.8, 4) is 0 Å². The smallest absolute Gasteiger partial charge is 0.213 e. The lowest BCUT2D eigenvalue weighted by Gasteiger charge is -2.24. The molecule has 5 heteroatoms. The number of nitrogens with zero attached hydrogens (tertiary/aromatic N) is 1. The number of thiol groups is 2. The maximum Gasteiger partial charge on any atom is 0.213 e. The lowest BCUT2D eigenvalue weighted by molar-refractivity contribution is -0.115. The van der Waals surface area contributed by atoms with Crippen molar-refractivity contribution in [2.75, 3.05) is 13.7 Å². The molecule has 0 fully saturated rings. The number of aliphatic hydroxyl groups is 1. The van der Waals surface area contributed by atoms with Crippen molar-refractivity contribution in [1.29, 1.82) is 0 Å². The first-order chi connectivity index (χ1) is 6.95. The average Bonchev–Trinajstić information content (AvgIpc) is 2.22. The molecule has 0 aromatic rings. The molecule has 0 radical (unpaired) electrons. The highest BCUT2D eigenvalue weighted by molar-refractivity contribution is 7.99. The minimum Gasteiger partial charge on any atom is -0.396 e. The second-order valence-electron chi connectivity index (χ2n) is 3.50. The SMILES string of the molecule is CC(=C(CCO)C(C)C(S)S)N(C)C=O. The quantitative estimate of drug-likeness (QED) is 0.380. The number of aliphatic hydroxyl groups excluding tert-OH is 1. The summed E-state index contributed by atoms with van der Waals surface area (Å²) < 4.78 is -0.0958. The zero-order valence-electron chi connectivity index (χ0n) is 9.34. The minimum absolute atomic E-state index is 0.0674. The molecular formula is C10H19NO2S2. The van der Waals surface area contributed by atoms with E-state index in [2.05, 4.69) is 25.3 Å². The predicted octanol–water partition coefficient (Wildman–Crippen LogP) is 1.55. The molecule has 0 rings (SSSR count). The molecule has 0 aromatic carbocycles. The van der Waals surface area contributed by atoms with Gasteiger partial charge in [0.05, 0.1) is 4.58 Å². The van der Waals surface area contributed by atoms with Crippen molar-refractivity contribution in [1.82, 2.24) is 4.90 Å². The van der Waals surface area contributed by atoms with Crippen LogP contribution in [0.15, 0.2) is 11.3 Å². The van der Waals surface area contributed by atoms with E-state index in [4.69, 9.17) is 5.11 Å². The van der Waals surface area contributed by atoms with Gasteiger partial charge in [-0.2, -0.15) is 25.3 Å². The molecule has 0 aliphatic carbocycles. The number of rotatable bonds is 6. The van der Waals surface area contributed by atoms with Crippen LogP contribution >= 0.6 is 25.3 Å². The summed E-state index contributed by atoms with van der Waals surface area (Å²) in [6, 6.07) is 0. The van der Waals surface area contributed by atoms with E-state index in [0.29, 0.717) is 6.42 Å². The zero-order valence-corrected chi connectivity index (χ0v) is 11.1. The Kier molecular flexibility index (Phi) is 7.13. The molecule has 1 unspecified atom stereocenters. The van der Waals surface area contributed by atoms with Gasteiger partial charge in [0.15, 0.2) is 0 Å². The molecule has 0 aliphatic heterocycles. The Balaban J connectivity index is 4.99. The number of amides is 1. The molecule has 15 heavy (non-hydrogen) atoms. The van der Waals surface area contributed by atoms with Gasteiger partial charge in [-0.05, 0) is 24.8 Å². The highest BCUT2D eigenvalue weighted by Crippen LogP contribution is 2.27. The van der Waals surface area contributed by atoms with E-state index in [1.54, 1.807) is 7.05 Å². The lowest BCUT2D eigenvalue weighted by Crippen LogP contribution is -2.20. The number of allylic oxidation sites excluding steroid dienone is 1. The van der Waals surface area contributed by atoms with Crippen LogP contribution in [-0.4, -0.2) is 34.7 Å². The van der Waals surface area contributed by atoms with Gasteiger partial charge in [-0.3, -0.25) is 4.79 Å². The second-order valence-corrected chi connectivity index (χ2v) is 5.02. The van der Waals surface area contributed by atoms with Crippen LogP contribution in [0.4, 0.5) is 0 Å². The molecule has 0 aromatic heterocycles. The first kappa shape index (κ1) is 14.9. The Morgan fingerprint density at radius 2 is 2.07 bits per heavy atom. The van der Waals surface area contributed by atoms with Crippen LogP contribution in [0.2, 0.25) is 0 Å². The first-order valence-electron chi connectivity index (χ1n) is 4.80. The van der Waals surface area contributed by atoms with Crippen LogP contribution in [0.1, 0.15) is 20.3 Å². The van der Waals surface area contributed by atoms with Gasteiger partial charge in [-0.25, -0.2) is 0 Å². The summed E-state index contributed by atoms with van der Waals surface area (Å²) in [6.45, 7) is 3.91. The van der Waals surface area contributed by atoms with Crippen molar-refractivity contribution >= 4 is 31.7 Å². The van der Waals surface area contributed by atoms with Gasteiger partial charge in [0.1, 0.15) is 0 Å². The van der Waals surface area contributed by atoms with Crippen LogP contribution in [-0.2, 0) is 4.79 Å². The molecule has 0 saturated heterocycles. The Bertz CT molecular complexity index is 242. The Morgan fingerprint density at radius 1 is 1.53 bits per heavy atom. The maximum atomic E-state index is 10.6. The van der Waals surface area contributed by atoms with Crippen LogP contribution < -0.4 is 0 Å². The van der Waals surface area contributed by atoms with Crippen molar-refractivity contribution in [3.05, 3.63) is 11.3 Å². The summed E-state index contributed by atoms with van der Waals surface area (Å²) in [4.78, 5) is 12.1. The Morgan fingerprint density at radius 3 is 2.40 bits per heavy atom. The third-order valence-electron chi connectivity index (χ3n) is 2.53. The van der Waals surface area contributed by atoms with Crippen LogP contribution in [0.5, 0.6) is 0 Å². The minimum atomic E-state index is -0.0958.